The van der Waals surface area contributed by atoms with Crippen LogP contribution in [0.15, 0.2) is 41.4 Å². The number of imidazole rings is 1. The first-order valence-corrected chi connectivity index (χ1v) is 14.1. The number of morpholine rings is 1. The van der Waals surface area contributed by atoms with E-state index in [2.05, 4.69) is 88.2 Å². The smallest absolute Gasteiger partial charge is 0.205 e. The largest absolute Gasteiger partial charge is 0.410 e. The number of hydrogen-bond acceptors (Lipinski definition) is 6. The van der Waals surface area contributed by atoms with Crippen molar-refractivity contribution in [3.8, 4) is 0 Å². The second kappa shape index (κ2) is 9.50. The summed E-state index contributed by atoms with van der Waals surface area (Å²) in [6.45, 7) is 14.4. The standard InChI is InChI=1S/C23H31BrN5O2Si/c1-23(2,3)20(31-32(4)5)17-14-16(6-7-18(17)28-10-12-30-13-11-28)27-21-22-25-8-9-29(22)19(24)15-26-21/h6-9,14-15,20H,10-13H2,1-5H3,(H,26,27). The number of halogens is 1. The summed E-state index contributed by atoms with van der Waals surface area (Å²) in [5.41, 5.74) is 4.11. The Morgan fingerprint density at radius 2 is 1.94 bits per heavy atom. The van der Waals surface area contributed by atoms with Gasteiger partial charge in [-0.15, -0.1) is 0 Å². The zero-order chi connectivity index (χ0) is 22.9. The fourth-order valence-corrected chi connectivity index (χ4v) is 5.33. The monoisotopic (exact) mass is 516 g/mol. The SMILES string of the molecule is C[Si](C)OC(c1cc(Nc2ncc(Br)n3ccnc23)ccc1N1CCOCC1)C(C)(C)C. The van der Waals surface area contributed by atoms with Crippen LogP contribution in [0.25, 0.3) is 5.65 Å². The van der Waals surface area contributed by atoms with Crippen molar-refractivity contribution < 1.29 is 9.16 Å². The van der Waals surface area contributed by atoms with Crippen LogP contribution in [0.2, 0.25) is 13.1 Å². The lowest BCUT2D eigenvalue weighted by atomic mass is 9.83. The number of nitrogens with one attached hydrogen (secondary N) is 1. The van der Waals surface area contributed by atoms with Gasteiger partial charge in [0.05, 0.1) is 25.5 Å². The fraction of sp³-hybridized carbons (Fsp3) is 0.478. The van der Waals surface area contributed by atoms with E-state index in [-0.39, 0.29) is 11.5 Å². The third kappa shape index (κ3) is 5.01. The normalized spacial score (nSPS) is 16.0. The molecule has 0 aliphatic carbocycles. The summed E-state index contributed by atoms with van der Waals surface area (Å²) < 4.78 is 15.0. The Balaban J connectivity index is 1.76. The van der Waals surface area contributed by atoms with Gasteiger partial charge in [0.25, 0.3) is 0 Å². The lowest BCUT2D eigenvalue weighted by Crippen LogP contribution is -2.38. The number of hydrogen-bond donors (Lipinski definition) is 1. The molecule has 7 nitrogen and oxygen atoms in total. The van der Waals surface area contributed by atoms with Crippen molar-refractivity contribution in [2.45, 2.75) is 40.0 Å². The minimum absolute atomic E-state index is 0.0182. The maximum atomic E-state index is 6.59. The quantitative estimate of drug-likeness (QED) is 0.440. The molecule has 1 fully saturated rings. The summed E-state index contributed by atoms with van der Waals surface area (Å²) in [7, 11) is -0.900. The van der Waals surface area contributed by atoms with E-state index in [9.17, 15) is 0 Å². The Bertz CT molecular complexity index is 1080. The third-order valence-corrected chi connectivity index (χ3v) is 6.74. The first kappa shape index (κ1) is 23.2. The van der Waals surface area contributed by atoms with Crippen molar-refractivity contribution in [3.63, 3.8) is 0 Å². The molecule has 9 heteroatoms. The molecule has 3 aromatic rings. The molecule has 1 aromatic carbocycles. The maximum Gasteiger partial charge on any atom is 0.205 e. The number of rotatable bonds is 6. The van der Waals surface area contributed by atoms with E-state index in [1.807, 2.05) is 10.6 Å². The van der Waals surface area contributed by atoms with Gasteiger partial charge in [-0.1, -0.05) is 20.8 Å². The van der Waals surface area contributed by atoms with Gasteiger partial charge in [-0.25, -0.2) is 9.97 Å². The molecule has 1 saturated heterocycles. The van der Waals surface area contributed by atoms with Gasteiger partial charge < -0.3 is 19.4 Å². The Hall–Kier alpha value is -1.94. The van der Waals surface area contributed by atoms with Crippen LogP contribution >= 0.6 is 15.9 Å². The van der Waals surface area contributed by atoms with Crippen molar-refractivity contribution in [3.05, 3.63) is 47.0 Å². The van der Waals surface area contributed by atoms with Gasteiger partial charge in [-0.05, 0) is 52.6 Å². The highest BCUT2D eigenvalue weighted by molar-refractivity contribution is 9.10. The lowest BCUT2D eigenvalue weighted by molar-refractivity contribution is 0.0861. The number of nitrogens with zero attached hydrogens (tertiary/aromatic N) is 4. The molecule has 4 rings (SSSR count). The molecular formula is C23H31BrN5O2Si. The zero-order valence-electron chi connectivity index (χ0n) is 19.4. The van der Waals surface area contributed by atoms with E-state index in [4.69, 9.17) is 9.16 Å². The van der Waals surface area contributed by atoms with Crippen LogP contribution in [0, 0.1) is 5.41 Å². The topological polar surface area (TPSA) is 63.9 Å². The average Bonchev–Trinajstić information content (AvgIpc) is 3.25. The Morgan fingerprint density at radius 3 is 2.62 bits per heavy atom. The Labute approximate surface area is 200 Å². The van der Waals surface area contributed by atoms with Gasteiger partial charge in [-0.2, -0.15) is 0 Å². The highest BCUT2D eigenvalue weighted by Gasteiger charge is 2.32. The second-order valence-electron chi connectivity index (χ2n) is 9.32. The average molecular weight is 518 g/mol. The van der Waals surface area contributed by atoms with E-state index < -0.39 is 9.04 Å². The van der Waals surface area contributed by atoms with Crippen LogP contribution in [0.1, 0.15) is 32.4 Å². The van der Waals surface area contributed by atoms with Crippen LogP contribution in [0.4, 0.5) is 17.2 Å². The van der Waals surface area contributed by atoms with Gasteiger partial charge in [0, 0.05) is 42.4 Å². The molecule has 1 aliphatic heterocycles. The lowest BCUT2D eigenvalue weighted by Gasteiger charge is -2.38. The van der Waals surface area contributed by atoms with E-state index in [0.717, 1.165) is 42.2 Å². The van der Waals surface area contributed by atoms with Crippen LogP contribution in [-0.4, -0.2) is 49.7 Å². The molecule has 0 spiro atoms. The fourth-order valence-electron chi connectivity index (χ4n) is 3.99. The molecule has 0 saturated carbocycles. The van der Waals surface area contributed by atoms with Crippen molar-refractivity contribution in [2.24, 2.45) is 5.41 Å². The van der Waals surface area contributed by atoms with E-state index >= 15 is 0 Å². The molecule has 0 bridgehead atoms. The minimum atomic E-state index is -0.900. The first-order valence-electron chi connectivity index (χ1n) is 10.9. The summed E-state index contributed by atoms with van der Waals surface area (Å²) >= 11 is 3.53. The van der Waals surface area contributed by atoms with Crippen molar-refractivity contribution >= 4 is 47.8 Å². The third-order valence-electron chi connectivity index (χ3n) is 5.45. The van der Waals surface area contributed by atoms with Gasteiger partial charge >= 0.3 is 0 Å². The summed E-state index contributed by atoms with van der Waals surface area (Å²) in [5, 5.41) is 3.48. The molecule has 1 aliphatic rings. The Kier molecular flexibility index (Phi) is 6.90. The van der Waals surface area contributed by atoms with Crippen molar-refractivity contribution in [1.29, 1.82) is 0 Å². The highest BCUT2D eigenvalue weighted by atomic mass is 79.9. The summed E-state index contributed by atoms with van der Waals surface area (Å²) in [5.74, 6) is 0.715. The predicted molar refractivity (Wildman–Crippen MR) is 134 cm³/mol. The van der Waals surface area contributed by atoms with Crippen molar-refractivity contribution in [1.82, 2.24) is 14.4 Å². The molecule has 2 aromatic heterocycles. The molecule has 1 unspecified atom stereocenters. The molecule has 1 N–H and O–H groups in total. The summed E-state index contributed by atoms with van der Waals surface area (Å²) in [6, 6.07) is 6.53. The predicted octanol–water partition coefficient (Wildman–Crippen LogP) is 5.43. The second-order valence-corrected chi connectivity index (χ2v) is 12.2. The molecule has 3 heterocycles. The van der Waals surface area contributed by atoms with Crippen molar-refractivity contribution in [2.75, 3.05) is 36.5 Å². The number of aromatic nitrogens is 3. The van der Waals surface area contributed by atoms with Gasteiger partial charge in [0.15, 0.2) is 11.5 Å². The minimum Gasteiger partial charge on any atom is -0.410 e. The van der Waals surface area contributed by atoms with E-state index in [1.54, 1.807) is 12.4 Å². The van der Waals surface area contributed by atoms with Gasteiger partial charge in [0.2, 0.25) is 9.04 Å². The van der Waals surface area contributed by atoms with E-state index in [0.29, 0.717) is 5.82 Å². The van der Waals surface area contributed by atoms with E-state index in [1.165, 1.54) is 11.3 Å². The highest BCUT2D eigenvalue weighted by Crippen LogP contribution is 2.42. The number of ether oxygens (including phenoxy) is 1. The van der Waals surface area contributed by atoms with Crippen LogP contribution < -0.4 is 10.2 Å². The molecule has 1 atom stereocenters. The number of anilines is 3. The molecular weight excluding hydrogens is 486 g/mol. The first-order chi connectivity index (χ1) is 15.2. The summed E-state index contributed by atoms with van der Waals surface area (Å²) in [4.78, 5) is 11.4. The van der Waals surface area contributed by atoms with Crippen LogP contribution in [0.3, 0.4) is 0 Å². The molecule has 32 heavy (non-hydrogen) atoms. The Morgan fingerprint density at radius 1 is 1.19 bits per heavy atom. The number of fused-ring (bicyclic) bond motifs is 1. The van der Waals surface area contributed by atoms with Gasteiger partial charge in [0.1, 0.15) is 4.60 Å². The number of benzene rings is 1. The zero-order valence-corrected chi connectivity index (χ0v) is 21.9. The van der Waals surface area contributed by atoms with Crippen LogP contribution in [0.5, 0.6) is 0 Å². The van der Waals surface area contributed by atoms with Gasteiger partial charge in [-0.3, -0.25) is 4.40 Å². The molecule has 171 valence electrons. The molecule has 1 radical (unpaired) electrons. The molecule has 0 amide bonds. The van der Waals surface area contributed by atoms with Crippen LogP contribution in [-0.2, 0) is 9.16 Å². The summed E-state index contributed by atoms with van der Waals surface area (Å²) in [6.07, 6.45) is 5.45. The maximum absolute atomic E-state index is 6.59.